The molecule has 1 N–H and O–H groups in total. The highest BCUT2D eigenvalue weighted by Gasteiger charge is 2.46. The van der Waals surface area contributed by atoms with E-state index in [9.17, 15) is 5.11 Å². The summed E-state index contributed by atoms with van der Waals surface area (Å²) in [6.07, 6.45) is 5.59. The molecule has 12 heavy (non-hydrogen) atoms. The number of hydrogen-bond acceptors (Lipinski definition) is 2. The lowest BCUT2D eigenvalue weighted by atomic mass is 9.85. The zero-order chi connectivity index (χ0) is 8.60. The molecule has 0 aromatic rings. The van der Waals surface area contributed by atoms with Gasteiger partial charge in [0.25, 0.3) is 0 Å². The molecule has 1 aliphatic heterocycles. The minimum absolute atomic E-state index is 0.134. The second kappa shape index (κ2) is 3.00. The molecule has 2 nitrogen and oxygen atoms in total. The van der Waals surface area contributed by atoms with Gasteiger partial charge in [-0.3, -0.25) is 0 Å². The average Bonchev–Trinajstić information content (AvgIpc) is 2.62. The van der Waals surface area contributed by atoms with Gasteiger partial charge >= 0.3 is 0 Å². The third-order valence-corrected chi connectivity index (χ3v) is 3.55. The summed E-state index contributed by atoms with van der Waals surface area (Å²) in [6.45, 7) is 2.99. The van der Waals surface area contributed by atoms with Crippen molar-refractivity contribution < 1.29 is 9.84 Å². The van der Waals surface area contributed by atoms with E-state index >= 15 is 0 Å². The van der Waals surface area contributed by atoms with Crippen molar-refractivity contribution in [3.63, 3.8) is 0 Å². The van der Waals surface area contributed by atoms with E-state index in [0.717, 1.165) is 38.7 Å². The summed E-state index contributed by atoms with van der Waals surface area (Å²) in [6, 6.07) is 0. The normalized spacial score (nSPS) is 48.5. The molecule has 70 valence electrons. The van der Waals surface area contributed by atoms with Gasteiger partial charge in [-0.1, -0.05) is 13.3 Å². The number of rotatable bonds is 1. The fourth-order valence-electron chi connectivity index (χ4n) is 2.64. The van der Waals surface area contributed by atoms with Crippen LogP contribution in [0.15, 0.2) is 0 Å². The van der Waals surface area contributed by atoms with Crippen LogP contribution < -0.4 is 0 Å². The maximum absolute atomic E-state index is 10.3. The summed E-state index contributed by atoms with van der Waals surface area (Å²) in [7, 11) is 0. The lowest BCUT2D eigenvalue weighted by molar-refractivity contribution is -0.103. The largest absolute Gasteiger partial charge is 0.387 e. The van der Waals surface area contributed by atoms with Gasteiger partial charge in [0.1, 0.15) is 0 Å². The third-order valence-electron chi connectivity index (χ3n) is 3.55. The number of hydrogen-bond donors (Lipinski definition) is 1. The fraction of sp³-hybridized carbons (Fsp3) is 1.00. The van der Waals surface area contributed by atoms with E-state index in [-0.39, 0.29) is 6.10 Å². The zero-order valence-corrected chi connectivity index (χ0v) is 7.75. The van der Waals surface area contributed by atoms with Crippen LogP contribution in [0, 0.1) is 5.92 Å². The van der Waals surface area contributed by atoms with E-state index in [0.29, 0.717) is 5.92 Å². The van der Waals surface area contributed by atoms with Gasteiger partial charge in [0.2, 0.25) is 0 Å². The maximum atomic E-state index is 10.3. The first kappa shape index (κ1) is 8.52. The average molecular weight is 170 g/mol. The van der Waals surface area contributed by atoms with Crippen molar-refractivity contribution in [3.8, 4) is 0 Å². The van der Waals surface area contributed by atoms with Crippen LogP contribution in [0.4, 0.5) is 0 Å². The van der Waals surface area contributed by atoms with Crippen molar-refractivity contribution in [2.24, 2.45) is 5.92 Å². The van der Waals surface area contributed by atoms with Gasteiger partial charge in [0.05, 0.1) is 11.7 Å². The summed E-state index contributed by atoms with van der Waals surface area (Å²) in [5, 5.41) is 10.3. The van der Waals surface area contributed by atoms with Crippen molar-refractivity contribution in [2.75, 3.05) is 6.61 Å². The Bertz CT molecular complexity index is 163. The van der Waals surface area contributed by atoms with Gasteiger partial charge in [-0.2, -0.15) is 0 Å². The molecule has 2 aliphatic rings. The Morgan fingerprint density at radius 3 is 2.67 bits per heavy atom. The van der Waals surface area contributed by atoms with Crippen LogP contribution >= 0.6 is 0 Å². The van der Waals surface area contributed by atoms with E-state index in [1.54, 1.807) is 0 Å². The summed E-state index contributed by atoms with van der Waals surface area (Å²) < 4.78 is 5.56. The summed E-state index contributed by atoms with van der Waals surface area (Å²) in [4.78, 5) is 0. The van der Waals surface area contributed by atoms with Crippen molar-refractivity contribution in [2.45, 2.75) is 50.7 Å². The molecule has 1 aliphatic carbocycles. The molecule has 0 aromatic carbocycles. The Labute approximate surface area is 73.9 Å². The number of aliphatic hydroxyl groups is 1. The molecular weight excluding hydrogens is 152 g/mol. The van der Waals surface area contributed by atoms with Gasteiger partial charge in [-0.05, 0) is 31.6 Å². The second-order valence-corrected chi connectivity index (χ2v) is 4.29. The molecule has 3 atom stereocenters. The van der Waals surface area contributed by atoms with Crippen molar-refractivity contribution in [1.29, 1.82) is 0 Å². The van der Waals surface area contributed by atoms with E-state index < -0.39 is 5.60 Å². The monoisotopic (exact) mass is 170 g/mol. The highest BCUT2D eigenvalue weighted by molar-refractivity contribution is 4.97. The van der Waals surface area contributed by atoms with Crippen molar-refractivity contribution in [3.05, 3.63) is 0 Å². The van der Waals surface area contributed by atoms with E-state index in [1.165, 1.54) is 0 Å². The van der Waals surface area contributed by atoms with Gasteiger partial charge in [-0.15, -0.1) is 0 Å². The van der Waals surface area contributed by atoms with E-state index in [4.69, 9.17) is 4.74 Å². The predicted molar refractivity (Wildman–Crippen MR) is 46.9 cm³/mol. The lowest BCUT2D eigenvalue weighted by Gasteiger charge is -2.33. The molecule has 1 saturated carbocycles. The van der Waals surface area contributed by atoms with Crippen LogP contribution in [0.1, 0.15) is 39.0 Å². The SMILES string of the molecule is C[C@H]1CCCC1(O)C1CCCO1. The molecule has 0 aromatic heterocycles. The van der Waals surface area contributed by atoms with E-state index in [1.807, 2.05) is 0 Å². The van der Waals surface area contributed by atoms with Crippen LogP contribution in [-0.2, 0) is 4.74 Å². The Hall–Kier alpha value is -0.0800. The van der Waals surface area contributed by atoms with Gasteiger partial charge < -0.3 is 9.84 Å². The maximum Gasteiger partial charge on any atom is 0.0933 e. The molecule has 2 fully saturated rings. The van der Waals surface area contributed by atoms with Crippen LogP contribution in [0.3, 0.4) is 0 Å². The molecule has 0 amide bonds. The standard InChI is InChI=1S/C10H18O2/c1-8-4-2-6-10(8,11)9-5-3-7-12-9/h8-9,11H,2-7H2,1H3/t8-,9?,10?/m0/s1. The first-order valence-electron chi connectivity index (χ1n) is 5.07. The van der Waals surface area contributed by atoms with Crippen LogP contribution in [0.5, 0.6) is 0 Å². The minimum atomic E-state index is -0.490. The molecular formula is C10H18O2. The highest BCUT2D eigenvalue weighted by atomic mass is 16.5. The van der Waals surface area contributed by atoms with Gasteiger partial charge in [-0.25, -0.2) is 0 Å². The smallest absolute Gasteiger partial charge is 0.0933 e. The molecule has 2 heteroatoms. The zero-order valence-electron chi connectivity index (χ0n) is 7.75. The Kier molecular flexibility index (Phi) is 2.13. The molecule has 2 rings (SSSR count). The summed E-state index contributed by atoms with van der Waals surface area (Å²) in [5.74, 6) is 0.431. The van der Waals surface area contributed by atoms with Gasteiger partial charge in [0, 0.05) is 6.61 Å². The lowest BCUT2D eigenvalue weighted by Crippen LogP contribution is -2.44. The van der Waals surface area contributed by atoms with Crippen molar-refractivity contribution in [1.82, 2.24) is 0 Å². The second-order valence-electron chi connectivity index (χ2n) is 4.29. The first-order valence-corrected chi connectivity index (χ1v) is 5.07. The van der Waals surface area contributed by atoms with Crippen LogP contribution in [0.25, 0.3) is 0 Å². The van der Waals surface area contributed by atoms with Crippen LogP contribution in [-0.4, -0.2) is 23.4 Å². The molecule has 1 heterocycles. The van der Waals surface area contributed by atoms with E-state index in [2.05, 4.69) is 6.92 Å². The molecule has 1 saturated heterocycles. The predicted octanol–water partition coefficient (Wildman–Crippen LogP) is 1.72. The Balaban J connectivity index is 2.07. The minimum Gasteiger partial charge on any atom is -0.387 e. The highest BCUT2D eigenvalue weighted by Crippen LogP contribution is 2.41. The fourth-order valence-corrected chi connectivity index (χ4v) is 2.64. The van der Waals surface area contributed by atoms with Crippen LogP contribution in [0.2, 0.25) is 0 Å². The molecule has 2 unspecified atom stereocenters. The molecule has 0 spiro atoms. The molecule has 0 radical (unpaired) electrons. The topological polar surface area (TPSA) is 29.5 Å². The number of ether oxygens (including phenoxy) is 1. The Morgan fingerprint density at radius 2 is 2.17 bits per heavy atom. The molecule has 0 bridgehead atoms. The van der Waals surface area contributed by atoms with Gasteiger partial charge in [0.15, 0.2) is 0 Å². The summed E-state index contributed by atoms with van der Waals surface area (Å²) >= 11 is 0. The first-order chi connectivity index (χ1) is 5.73. The Morgan fingerprint density at radius 1 is 1.33 bits per heavy atom. The summed E-state index contributed by atoms with van der Waals surface area (Å²) in [5.41, 5.74) is -0.490. The quantitative estimate of drug-likeness (QED) is 0.649. The third kappa shape index (κ3) is 1.17. The van der Waals surface area contributed by atoms with Crippen molar-refractivity contribution >= 4 is 0 Å².